The zero-order chi connectivity index (χ0) is 13.1. The minimum Gasteiger partial charge on any atom is -0.395 e. The lowest BCUT2D eigenvalue weighted by Gasteiger charge is -2.08. The number of aliphatic hydroxyl groups is 1. The van der Waals surface area contributed by atoms with Gasteiger partial charge in [-0.2, -0.15) is 0 Å². The van der Waals surface area contributed by atoms with Crippen molar-refractivity contribution in [1.82, 2.24) is 5.32 Å². The first-order valence-corrected chi connectivity index (χ1v) is 5.04. The third kappa shape index (κ3) is 6.05. The molecule has 1 atom stereocenters. The summed E-state index contributed by atoms with van der Waals surface area (Å²) < 4.78 is 0. The second kappa shape index (κ2) is 9.04. The molecule has 0 spiro atoms. The van der Waals surface area contributed by atoms with Gasteiger partial charge in [0.2, 0.25) is 5.91 Å². The third-order valence-corrected chi connectivity index (χ3v) is 1.76. The van der Waals surface area contributed by atoms with Gasteiger partial charge >= 0.3 is 0 Å². The van der Waals surface area contributed by atoms with Gasteiger partial charge in [0, 0.05) is 13.0 Å². The largest absolute Gasteiger partial charge is 0.395 e. The number of hydrogen-bond acceptors (Lipinski definition) is 3. The van der Waals surface area contributed by atoms with Gasteiger partial charge in [-0.1, -0.05) is 12.8 Å². The highest BCUT2D eigenvalue weighted by molar-refractivity contribution is 6.04. The Morgan fingerprint density at radius 2 is 2.06 bits per heavy atom. The Morgan fingerprint density at radius 3 is 2.59 bits per heavy atom. The van der Waals surface area contributed by atoms with Crippen molar-refractivity contribution in [2.45, 2.75) is 13.3 Å². The van der Waals surface area contributed by atoms with Crippen molar-refractivity contribution in [2.75, 3.05) is 13.2 Å². The predicted octanol–water partition coefficient (Wildman–Crippen LogP) is -0.670. The van der Waals surface area contributed by atoms with Crippen LogP contribution < -0.4 is 5.32 Å². The summed E-state index contributed by atoms with van der Waals surface area (Å²) in [5.74, 6) is 9.59. The molecule has 0 aromatic rings. The Labute approximate surface area is 101 Å². The van der Waals surface area contributed by atoms with E-state index >= 15 is 0 Å². The Bertz CT molecular complexity index is 437. The normalized spacial score (nSPS) is 9.71. The maximum absolute atomic E-state index is 11.5. The van der Waals surface area contributed by atoms with Crippen LogP contribution >= 0.6 is 0 Å². The number of rotatable bonds is 5. The van der Waals surface area contributed by atoms with Crippen molar-refractivity contribution in [3.05, 3.63) is 0 Å². The van der Waals surface area contributed by atoms with Crippen LogP contribution in [-0.4, -0.2) is 29.9 Å². The molecule has 4 heteroatoms. The minimum absolute atomic E-state index is 0.0873. The van der Waals surface area contributed by atoms with Crippen LogP contribution in [0.15, 0.2) is 0 Å². The zero-order valence-electron chi connectivity index (χ0n) is 9.54. The Hall–Kier alpha value is -2.22. The van der Waals surface area contributed by atoms with Gasteiger partial charge in [0.15, 0.2) is 11.7 Å². The summed E-state index contributed by atoms with van der Waals surface area (Å²) in [6.07, 6.45) is 5.09. The van der Waals surface area contributed by atoms with E-state index in [4.69, 9.17) is 11.5 Å². The highest BCUT2D eigenvalue weighted by Gasteiger charge is 2.22. The van der Waals surface area contributed by atoms with Crippen molar-refractivity contribution in [2.24, 2.45) is 5.92 Å². The fraction of sp³-hybridized carbons (Fsp3) is 0.385. The minimum atomic E-state index is -1.06. The first-order valence-electron chi connectivity index (χ1n) is 5.04. The SMILES string of the molecule is C#CC#CC#CC(C(=O)CC)C(=O)NCCO. The molecular formula is C13H13NO3. The highest BCUT2D eigenvalue weighted by Crippen LogP contribution is 2.00. The molecule has 1 amide bonds. The summed E-state index contributed by atoms with van der Waals surface area (Å²) in [5, 5.41) is 10.9. The Balaban J connectivity index is 4.75. The summed E-state index contributed by atoms with van der Waals surface area (Å²) in [4.78, 5) is 23.0. The van der Waals surface area contributed by atoms with Gasteiger partial charge < -0.3 is 10.4 Å². The molecule has 0 saturated heterocycles. The van der Waals surface area contributed by atoms with Crippen molar-refractivity contribution in [3.8, 4) is 36.0 Å². The first kappa shape index (κ1) is 14.8. The molecule has 0 fully saturated rings. The van der Waals surface area contributed by atoms with Gasteiger partial charge in [0.1, 0.15) is 0 Å². The van der Waals surface area contributed by atoms with Gasteiger partial charge in [0.05, 0.1) is 6.61 Å². The van der Waals surface area contributed by atoms with E-state index in [9.17, 15) is 9.59 Å². The summed E-state index contributed by atoms with van der Waals surface area (Å²) in [7, 11) is 0. The fourth-order valence-corrected chi connectivity index (χ4v) is 0.953. The number of ketones is 1. The number of hydrogen-bond donors (Lipinski definition) is 2. The molecule has 0 saturated carbocycles. The number of Topliss-reactive ketones (excluding diaryl/α,β-unsaturated/α-hetero) is 1. The quantitative estimate of drug-likeness (QED) is 0.487. The van der Waals surface area contributed by atoms with Gasteiger partial charge in [-0.05, 0) is 23.7 Å². The molecule has 4 nitrogen and oxygen atoms in total. The standard InChI is InChI=1S/C13H13NO3/c1-3-5-6-7-8-11(12(16)4-2)13(17)14-9-10-15/h1,11,15H,4,9-10H2,2H3,(H,14,17). The van der Waals surface area contributed by atoms with Crippen molar-refractivity contribution in [3.63, 3.8) is 0 Å². The van der Waals surface area contributed by atoms with Gasteiger partial charge in [-0.3, -0.25) is 9.59 Å². The molecule has 0 bridgehead atoms. The molecule has 88 valence electrons. The number of carbonyl (C=O) groups excluding carboxylic acids is 2. The second-order valence-electron chi connectivity index (χ2n) is 2.93. The second-order valence-corrected chi connectivity index (χ2v) is 2.93. The Kier molecular flexibility index (Phi) is 7.86. The van der Waals surface area contributed by atoms with Crippen molar-refractivity contribution >= 4 is 11.7 Å². The highest BCUT2D eigenvalue weighted by atomic mass is 16.3. The number of amides is 1. The molecule has 0 aliphatic rings. The van der Waals surface area contributed by atoms with Gasteiger partial charge in [-0.25, -0.2) is 0 Å². The maximum atomic E-state index is 11.5. The lowest BCUT2D eigenvalue weighted by molar-refractivity contribution is -0.131. The first-order chi connectivity index (χ1) is 8.17. The van der Waals surface area contributed by atoms with Crippen LogP contribution in [0.2, 0.25) is 0 Å². The Morgan fingerprint density at radius 1 is 1.35 bits per heavy atom. The van der Waals surface area contributed by atoms with Crippen LogP contribution in [0.1, 0.15) is 13.3 Å². The maximum Gasteiger partial charge on any atom is 0.242 e. The molecule has 0 aliphatic carbocycles. The monoisotopic (exact) mass is 231 g/mol. The topological polar surface area (TPSA) is 66.4 Å². The van der Waals surface area contributed by atoms with Crippen LogP contribution in [-0.2, 0) is 9.59 Å². The fourth-order valence-electron chi connectivity index (χ4n) is 0.953. The summed E-state index contributed by atoms with van der Waals surface area (Å²) in [6.45, 7) is 1.54. The lowest BCUT2D eigenvalue weighted by atomic mass is 10.0. The number of nitrogens with one attached hydrogen (secondary N) is 1. The van der Waals surface area contributed by atoms with Crippen LogP contribution in [0.5, 0.6) is 0 Å². The van der Waals surface area contributed by atoms with Crippen LogP contribution in [0.25, 0.3) is 0 Å². The van der Waals surface area contributed by atoms with E-state index in [0.29, 0.717) is 0 Å². The molecule has 0 aliphatic heterocycles. The number of carbonyl (C=O) groups is 2. The van der Waals surface area contributed by atoms with Crippen LogP contribution in [0.3, 0.4) is 0 Å². The average molecular weight is 231 g/mol. The molecule has 0 aromatic carbocycles. The van der Waals surface area contributed by atoms with E-state index in [0.717, 1.165) is 0 Å². The predicted molar refractivity (Wildman–Crippen MR) is 63.3 cm³/mol. The molecule has 0 heterocycles. The summed E-state index contributed by atoms with van der Waals surface area (Å²) in [5.41, 5.74) is 0. The van der Waals surface area contributed by atoms with Crippen LogP contribution in [0.4, 0.5) is 0 Å². The van der Waals surface area contributed by atoms with E-state index in [1.807, 2.05) is 0 Å². The molecule has 0 rings (SSSR count). The molecule has 2 N–H and O–H groups in total. The smallest absolute Gasteiger partial charge is 0.242 e. The third-order valence-electron chi connectivity index (χ3n) is 1.76. The molecule has 0 aromatic heterocycles. The van der Waals surface area contributed by atoms with Crippen molar-refractivity contribution in [1.29, 1.82) is 0 Å². The van der Waals surface area contributed by atoms with E-state index in [1.54, 1.807) is 6.92 Å². The summed E-state index contributed by atoms with van der Waals surface area (Å²) >= 11 is 0. The van der Waals surface area contributed by atoms with E-state index in [2.05, 4.69) is 34.9 Å². The van der Waals surface area contributed by atoms with Gasteiger partial charge in [0.25, 0.3) is 0 Å². The molecule has 0 radical (unpaired) electrons. The number of aliphatic hydroxyl groups excluding tert-OH is 1. The molecular weight excluding hydrogens is 218 g/mol. The average Bonchev–Trinajstić information content (AvgIpc) is 2.35. The van der Waals surface area contributed by atoms with Gasteiger partial charge in [-0.15, -0.1) is 6.42 Å². The van der Waals surface area contributed by atoms with Crippen molar-refractivity contribution < 1.29 is 14.7 Å². The van der Waals surface area contributed by atoms with Crippen LogP contribution in [0, 0.1) is 41.9 Å². The summed E-state index contributed by atoms with van der Waals surface area (Å²) in [6, 6.07) is 0. The van der Waals surface area contributed by atoms with E-state index < -0.39 is 11.8 Å². The lowest BCUT2D eigenvalue weighted by Crippen LogP contribution is -2.36. The van der Waals surface area contributed by atoms with E-state index in [1.165, 1.54) is 0 Å². The number of terminal acetylenes is 1. The van der Waals surface area contributed by atoms with E-state index in [-0.39, 0.29) is 25.4 Å². The molecule has 17 heavy (non-hydrogen) atoms. The molecule has 1 unspecified atom stereocenters. The zero-order valence-corrected chi connectivity index (χ0v) is 9.54.